The zero-order chi connectivity index (χ0) is 21.2. The van der Waals surface area contributed by atoms with Gasteiger partial charge < -0.3 is 15.8 Å². The summed E-state index contributed by atoms with van der Waals surface area (Å²) < 4.78 is 5.83. The van der Waals surface area contributed by atoms with Gasteiger partial charge in [0.15, 0.2) is 0 Å². The number of nitrogens with one attached hydrogen (secondary N) is 1. The third kappa shape index (κ3) is 7.51. The van der Waals surface area contributed by atoms with Gasteiger partial charge in [0.2, 0.25) is 0 Å². The smallest absolute Gasteiger partial charge is 0.253 e. The summed E-state index contributed by atoms with van der Waals surface area (Å²) in [6.45, 7) is 6.21. The Bertz CT molecular complexity index is 924. The normalized spacial score (nSPS) is 12.6. The van der Waals surface area contributed by atoms with Gasteiger partial charge in [-0.25, -0.2) is 0 Å². The maximum absolute atomic E-state index is 12.5. The number of hydrogen-bond acceptors (Lipinski definition) is 3. The lowest BCUT2D eigenvalue weighted by atomic mass is 10.1. The first-order valence-electron chi connectivity index (χ1n) is 9.49. The highest BCUT2D eigenvalue weighted by atomic mass is 35.5. The Morgan fingerprint density at radius 1 is 1.14 bits per heavy atom. The average molecular weight is 411 g/mol. The standard InChI is InChI=1S/C24H27ClN2O2/c1-4-17(2)7-5-10-23(18(3)26)24(28)27-16-19-8-6-9-22(15-19)29-21-13-11-20(25)12-14-21/h5-15H,4,16,26H2,1-3H3,(H,27,28)/b10-5-,17-7?,23-18-. The van der Waals surface area contributed by atoms with E-state index in [1.165, 1.54) is 5.57 Å². The fourth-order valence-electron chi connectivity index (χ4n) is 2.45. The molecule has 0 saturated heterocycles. The minimum absolute atomic E-state index is 0.215. The van der Waals surface area contributed by atoms with Crippen molar-refractivity contribution < 1.29 is 9.53 Å². The van der Waals surface area contributed by atoms with E-state index in [1.54, 1.807) is 37.3 Å². The first-order valence-corrected chi connectivity index (χ1v) is 9.87. The van der Waals surface area contributed by atoms with E-state index in [-0.39, 0.29) is 5.91 Å². The zero-order valence-electron chi connectivity index (χ0n) is 17.0. The molecule has 4 nitrogen and oxygen atoms in total. The maximum atomic E-state index is 12.5. The summed E-state index contributed by atoms with van der Waals surface area (Å²) in [5.41, 5.74) is 8.98. The number of benzene rings is 2. The number of ether oxygens (including phenoxy) is 1. The number of hydrogen-bond donors (Lipinski definition) is 2. The van der Waals surface area contributed by atoms with Crippen LogP contribution in [0.3, 0.4) is 0 Å². The molecule has 5 heteroatoms. The molecule has 0 aromatic heterocycles. The highest BCUT2D eigenvalue weighted by Gasteiger charge is 2.09. The van der Waals surface area contributed by atoms with Crippen LogP contribution in [0.5, 0.6) is 11.5 Å². The maximum Gasteiger partial charge on any atom is 0.253 e. The molecule has 0 unspecified atom stereocenters. The lowest BCUT2D eigenvalue weighted by Gasteiger charge is -2.10. The van der Waals surface area contributed by atoms with Crippen molar-refractivity contribution in [3.05, 3.63) is 94.2 Å². The number of amides is 1. The molecule has 0 spiro atoms. The second-order valence-corrected chi connectivity index (χ2v) is 7.14. The van der Waals surface area contributed by atoms with Crippen LogP contribution in [0, 0.1) is 0 Å². The van der Waals surface area contributed by atoms with Crippen LogP contribution in [-0.2, 0) is 11.3 Å². The number of nitrogens with two attached hydrogens (primary N) is 1. The monoisotopic (exact) mass is 410 g/mol. The van der Waals surface area contributed by atoms with E-state index in [9.17, 15) is 4.79 Å². The predicted octanol–water partition coefficient (Wildman–Crippen LogP) is 5.89. The second-order valence-electron chi connectivity index (χ2n) is 6.71. The molecule has 0 aliphatic carbocycles. The largest absolute Gasteiger partial charge is 0.457 e. The van der Waals surface area contributed by atoms with Crippen molar-refractivity contribution in [2.75, 3.05) is 0 Å². The van der Waals surface area contributed by atoms with Crippen LogP contribution in [0.1, 0.15) is 32.8 Å². The summed E-state index contributed by atoms with van der Waals surface area (Å²) in [6.07, 6.45) is 6.54. The van der Waals surface area contributed by atoms with Crippen molar-refractivity contribution in [2.45, 2.75) is 33.7 Å². The summed E-state index contributed by atoms with van der Waals surface area (Å²) in [6, 6.07) is 14.7. The van der Waals surface area contributed by atoms with Crippen molar-refractivity contribution in [3.63, 3.8) is 0 Å². The number of rotatable bonds is 8. The molecule has 1 amide bonds. The van der Waals surface area contributed by atoms with Crippen molar-refractivity contribution in [1.82, 2.24) is 5.32 Å². The molecule has 0 radical (unpaired) electrons. The molecular formula is C24H27ClN2O2. The van der Waals surface area contributed by atoms with Gasteiger partial charge in [-0.2, -0.15) is 0 Å². The zero-order valence-corrected chi connectivity index (χ0v) is 17.8. The van der Waals surface area contributed by atoms with E-state index in [4.69, 9.17) is 22.1 Å². The lowest BCUT2D eigenvalue weighted by Crippen LogP contribution is -2.25. The third-order valence-electron chi connectivity index (χ3n) is 4.27. The highest BCUT2D eigenvalue weighted by molar-refractivity contribution is 6.30. The minimum Gasteiger partial charge on any atom is -0.457 e. The number of carbonyl (C=O) groups excluding carboxylic acids is 1. The summed E-state index contributed by atoms with van der Waals surface area (Å²) >= 11 is 5.90. The molecule has 2 aromatic rings. The van der Waals surface area contributed by atoms with Gasteiger partial charge in [0.25, 0.3) is 5.91 Å². The quantitative estimate of drug-likeness (QED) is 0.421. The summed E-state index contributed by atoms with van der Waals surface area (Å²) in [5.74, 6) is 1.16. The Morgan fingerprint density at radius 3 is 2.52 bits per heavy atom. The second kappa shape index (κ2) is 11.1. The number of carbonyl (C=O) groups is 1. The van der Waals surface area contributed by atoms with Crippen molar-refractivity contribution in [2.24, 2.45) is 5.73 Å². The molecule has 0 fully saturated rings. The van der Waals surface area contributed by atoms with Crippen LogP contribution in [-0.4, -0.2) is 5.91 Å². The molecule has 0 aliphatic rings. The van der Waals surface area contributed by atoms with Crippen molar-refractivity contribution >= 4 is 17.5 Å². The Hall–Kier alpha value is -2.98. The summed E-state index contributed by atoms with van der Waals surface area (Å²) in [7, 11) is 0. The fourth-order valence-corrected chi connectivity index (χ4v) is 2.57. The van der Waals surface area contributed by atoms with Gasteiger partial charge in [-0.1, -0.05) is 48.4 Å². The molecule has 0 atom stereocenters. The van der Waals surface area contributed by atoms with Gasteiger partial charge in [-0.15, -0.1) is 0 Å². The Morgan fingerprint density at radius 2 is 1.86 bits per heavy atom. The van der Waals surface area contributed by atoms with Gasteiger partial charge in [-0.05, 0) is 68.3 Å². The first-order chi connectivity index (χ1) is 13.9. The van der Waals surface area contributed by atoms with Gasteiger partial charge in [-0.3, -0.25) is 4.79 Å². The highest BCUT2D eigenvalue weighted by Crippen LogP contribution is 2.23. The van der Waals surface area contributed by atoms with Crippen LogP contribution < -0.4 is 15.8 Å². The minimum atomic E-state index is -0.215. The molecule has 152 valence electrons. The van der Waals surface area contributed by atoms with E-state index in [0.717, 1.165) is 12.0 Å². The van der Waals surface area contributed by atoms with Gasteiger partial charge >= 0.3 is 0 Å². The Kier molecular flexibility index (Phi) is 8.56. The molecule has 0 saturated carbocycles. The molecule has 0 heterocycles. The third-order valence-corrected chi connectivity index (χ3v) is 4.52. The van der Waals surface area contributed by atoms with Crippen LogP contribution in [0.2, 0.25) is 5.02 Å². The molecule has 0 bridgehead atoms. The summed E-state index contributed by atoms with van der Waals surface area (Å²) in [5, 5.41) is 3.56. The topological polar surface area (TPSA) is 64.3 Å². The molecule has 29 heavy (non-hydrogen) atoms. The Labute approximate surface area is 177 Å². The molecule has 2 aromatic carbocycles. The van der Waals surface area contributed by atoms with E-state index in [0.29, 0.717) is 34.3 Å². The van der Waals surface area contributed by atoms with Gasteiger partial charge in [0.05, 0.1) is 5.57 Å². The van der Waals surface area contributed by atoms with Gasteiger partial charge in [0.1, 0.15) is 11.5 Å². The van der Waals surface area contributed by atoms with Crippen molar-refractivity contribution in [3.8, 4) is 11.5 Å². The van der Waals surface area contributed by atoms with E-state index in [2.05, 4.69) is 12.2 Å². The average Bonchev–Trinajstić information content (AvgIpc) is 2.71. The van der Waals surface area contributed by atoms with Crippen LogP contribution in [0.15, 0.2) is 83.6 Å². The molecule has 0 aliphatic heterocycles. The van der Waals surface area contributed by atoms with Crippen LogP contribution >= 0.6 is 11.6 Å². The lowest BCUT2D eigenvalue weighted by molar-refractivity contribution is -0.117. The first kappa shape index (κ1) is 22.3. The Balaban J connectivity index is 2.01. The van der Waals surface area contributed by atoms with Crippen molar-refractivity contribution in [1.29, 1.82) is 0 Å². The fraction of sp³-hybridized carbons (Fsp3) is 0.208. The molecule has 2 rings (SSSR count). The van der Waals surface area contributed by atoms with Gasteiger partial charge in [0, 0.05) is 17.3 Å². The predicted molar refractivity (Wildman–Crippen MR) is 120 cm³/mol. The number of halogens is 1. The number of allylic oxidation sites excluding steroid dienone is 4. The molecular weight excluding hydrogens is 384 g/mol. The van der Waals surface area contributed by atoms with Crippen LogP contribution in [0.25, 0.3) is 0 Å². The van der Waals surface area contributed by atoms with E-state index >= 15 is 0 Å². The van der Waals surface area contributed by atoms with Crippen LogP contribution in [0.4, 0.5) is 0 Å². The van der Waals surface area contributed by atoms with E-state index < -0.39 is 0 Å². The SMILES string of the molecule is CCC(C)=C/C=C\C(C(=O)NCc1cccc(Oc2ccc(Cl)cc2)c1)=C(/C)N. The summed E-state index contributed by atoms with van der Waals surface area (Å²) in [4.78, 5) is 12.5. The molecule has 3 N–H and O–H groups in total. The van der Waals surface area contributed by atoms with E-state index in [1.807, 2.05) is 43.3 Å².